The third kappa shape index (κ3) is 5.00. The highest BCUT2D eigenvalue weighted by Crippen LogP contribution is 2.12. The fourth-order valence-corrected chi connectivity index (χ4v) is 1.62. The van der Waals surface area contributed by atoms with E-state index in [1.807, 2.05) is 24.3 Å². The molecule has 2 N–H and O–H groups in total. The van der Waals surface area contributed by atoms with E-state index in [0.29, 0.717) is 6.61 Å². The van der Waals surface area contributed by atoms with Crippen molar-refractivity contribution in [2.45, 2.75) is 12.7 Å². The maximum atomic E-state index is 9.67. The summed E-state index contributed by atoms with van der Waals surface area (Å²) in [6.45, 7) is 4.06. The lowest BCUT2D eigenvalue weighted by Crippen LogP contribution is -2.26. The lowest BCUT2D eigenvalue weighted by molar-refractivity contribution is -0.00332. The summed E-state index contributed by atoms with van der Waals surface area (Å²) in [4.78, 5) is 0. The van der Waals surface area contributed by atoms with E-state index in [4.69, 9.17) is 9.84 Å². The van der Waals surface area contributed by atoms with Gasteiger partial charge in [-0.25, -0.2) is 0 Å². The van der Waals surface area contributed by atoms with Crippen molar-refractivity contribution >= 4 is 15.9 Å². The molecule has 0 heterocycles. The van der Waals surface area contributed by atoms with Crippen molar-refractivity contribution in [3.63, 3.8) is 0 Å². The summed E-state index contributed by atoms with van der Waals surface area (Å²) in [5, 5.41) is 18.6. The zero-order valence-corrected chi connectivity index (χ0v) is 11.1. The largest absolute Gasteiger partial charge is 0.396 e. The normalized spacial score (nSPS) is 14.3. The number of aliphatic hydroxyl groups is 2. The summed E-state index contributed by atoms with van der Waals surface area (Å²) < 4.78 is 6.40. The second-order valence-corrected chi connectivity index (χ2v) is 4.71. The average molecular weight is 301 g/mol. The molecule has 0 unspecified atom stereocenters. The standard InChI is InChI=1S/C13H17BrO3/c1-2-11(7-15)13(16)9-17-8-10-3-5-12(14)6-4-10/h2-6,11,13,15-16H,1,7-9H2/t11-,13-/m1/s1. The molecule has 0 saturated carbocycles. The monoisotopic (exact) mass is 300 g/mol. The van der Waals surface area contributed by atoms with Crippen molar-refractivity contribution in [3.8, 4) is 0 Å². The molecule has 0 saturated heterocycles. The highest BCUT2D eigenvalue weighted by Gasteiger charge is 2.14. The summed E-state index contributed by atoms with van der Waals surface area (Å²) in [5.41, 5.74) is 1.04. The smallest absolute Gasteiger partial charge is 0.0858 e. The van der Waals surface area contributed by atoms with Gasteiger partial charge < -0.3 is 14.9 Å². The van der Waals surface area contributed by atoms with E-state index in [2.05, 4.69) is 22.5 Å². The molecular formula is C13H17BrO3. The fraction of sp³-hybridized carbons (Fsp3) is 0.385. The second kappa shape index (κ2) is 7.61. The lowest BCUT2D eigenvalue weighted by atomic mass is 10.1. The quantitative estimate of drug-likeness (QED) is 0.759. The van der Waals surface area contributed by atoms with Gasteiger partial charge in [-0.05, 0) is 17.7 Å². The Kier molecular flexibility index (Phi) is 6.44. The number of hydrogen-bond acceptors (Lipinski definition) is 3. The van der Waals surface area contributed by atoms with Crippen LogP contribution >= 0.6 is 15.9 Å². The van der Waals surface area contributed by atoms with Crippen LogP contribution in [0.1, 0.15) is 5.56 Å². The Morgan fingerprint density at radius 2 is 2.00 bits per heavy atom. The topological polar surface area (TPSA) is 49.7 Å². The SMILES string of the molecule is C=C[C@H](CO)[C@H](O)COCc1ccc(Br)cc1. The van der Waals surface area contributed by atoms with Crippen LogP contribution in [0.2, 0.25) is 0 Å². The number of benzene rings is 1. The zero-order valence-electron chi connectivity index (χ0n) is 9.55. The van der Waals surface area contributed by atoms with Gasteiger partial charge in [-0.2, -0.15) is 0 Å². The molecule has 0 fully saturated rings. The molecule has 0 aliphatic carbocycles. The van der Waals surface area contributed by atoms with E-state index in [0.717, 1.165) is 10.0 Å². The van der Waals surface area contributed by atoms with Crippen molar-refractivity contribution in [2.75, 3.05) is 13.2 Å². The Hall–Kier alpha value is -0.680. The van der Waals surface area contributed by atoms with E-state index in [1.165, 1.54) is 6.08 Å². The van der Waals surface area contributed by atoms with Crippen molar-refractivity contribution in [2.24, 2.45) is 5.92 Å². The average Bonchev–Trinajstić information content (AvgIpc) is 2.33. The maximum Gasteiger partial charge on any atom is 0.0858 e. The first-order valence-electron chi connectivity index (χ1n) is 5.41. The molecule has 1 aromatic carbocycles. The first kappa shape index (κ1) is 14.4. The van der Waals surface area contributed by atoms with E-state index in [-0.39, 0.29) is 19.1 Å². The number of halogens is 1. The van der Waals surface area contributed by atoms with Gasteiger partial charge in [-0.15, -0.1) is 6.58 Å². The summed E-state index contributed by atoms with van der Waals surface area (Å²) in [6.07, 6.45) is 0.821. The minimum Gasteiger partial charge on any atom is -0.396 e. The summed E-state index contributed by atoms with van der Waals surface area (Å²) in [5.74, 6) is -0.333. The van der Waals surface area contributed by atoms with Crippen LogP contribution in [0.4, 0.5) is 0 Å². The fourth-order valence-electron chi connectivity index (χ4n) is 1.36. The minimum absolute atomic E-state index is 0.119. The van der Waals surface area contributed by atoms with Gasteiger partial charge in [0.15, 0.2) is 0 Å². The van der Waals surface area contributed by atoms with Gasteiger partial charge in [-0.3, -0.25) is 0 Å². The second-order valence-electron chi connectivity index (χ2n) is 3.79. The van der Waals surface area contributed by atoms with Gasteiger partial charge in [-0.1, -0.05) is 34.1 Å². The lowest BCUT2D eigenvalue weighted by Gasteiger charge is -2.17. The molecule has 1 aromatic rings. The Balaban J connectivity index is 2.32. The Morgan fingerprint density at radius 3 is 2.53 bits per heavy atom. The first-order valence-corrected chi connectivity index (χ1v) is 6.20. The van der Waals surface area contributed by atoms with Gasteiger partial charge in [0.25, 0.3) is 0 Å². The molecule has 94 valence electrons. The number of rotatable bonds is 7. The van der Waals surface area contributed by atoms with Crippen molar-refractivity contribution in [1.29, 1.82) is 0 Å². The van der Waals surface area contributed by atoms with Crippen LogP contribution in [0.25, 0.3) is 0 Å². The summed E-state index contributed by atoms with van der Waals surface area (Å²) in [7, 11) is 0. The molecule has 0 aromatic heterocycles. The molecule has 0 aliphatic rings. The van der Waals surface area contributed by atoms with E-state index < -0.39 is 6.10 Å². The highest BCUT2D eigenvalue weighted by atomic mass is 79.9. The summed E-state index contributed by atoms with van der Waals surface area (Å²) >= 11 is 3.35. The number of ether oxygens (including phenoxy) is 1. The predicted molar refractivity (Wildman–Crippen MR) is 70.6 cm³/mol. The third-order valence-electron chi connectivity index (χ3n) is 2.48. The molecule has 0 spiro atoms. The number of hydrogen-bond donors (Lipinski definition) is 2. The molecule has 0 aliphatic heterocycles. The van der Waals surface area contributed by atoms with Gasteiger partial charge in [0, 0.05) is 10.4 Å². The molecular weight excluding hydrogens is 284 g/mol. The van der Waals surface area contributed by atoms with Crippen molar-refractivity contribution in [3.05, 3.63) is 47.0 Å². The predicted octanol–water partition coefficient (Wildman–Crippen LogP) is 2.12. The first-order chi connectivity index (χ1) is 8.17. The Bertz CT molecular complexity index is 337. The van der Waals surface area contributed by atoms with Gasteiger partial charge in [0.1, 0.15) is 0 Å². The van der Waals surface area contributed by atoms with Crippen molar-refractivity contribution < 1.29 is 14.9 Å². The molecule has 2 atom stereocenters. The van der Waals surface area contributed by atoms with Crippen LogP contribution in [0.5, 0.6) is 0 Å². The molecule has 17 heavy (non-hydrogen) atoms. The van der Waals surface area contributed by atoms with Crippen LogP contribution in [0.15, 0.2) is 41.4 Å². The molecule has 1 rings (SSSR count). The van der Waals surface area contributed by atoms with E-state index in [9.17, 15) is 5.11 Å². The van der Waals surface area contributed by atoms with Crippen LogP contribution in [-0.4, -0.2) is 29.5 Å². The van der Waals surface area contributed by atoms with Gasteiger partial charge in [0.05, 0.1) is 25.9 Å². The molecule has 3 nitrogen and oxygen atoms in total. The minimum atomic E-state index is -0.715. The number of aliphatic hydroxyl groups excluding tert-OH is 2. The van der Waals surface area contributed by atoms with Crippen LogP contribution in [0, 0.1) is 5.92 Å². The Labute approximate surface area is 110 Å². The molecule has 0 bridgehead atoms. The van der Waals surface area contributed by atoms with E-state index in [1.54, 1.807) is 0 Å². The third-order valence-corrected chi connectivity index (χ3v) is 3.01. The summed E-state index contributed by atoms with van der Waals surface area (Å²) in [6, 6.07) is 7.78. The highest BCUT2D eigenvalue weighted by molar-refractivity contribution is 9.10. The zero-order chi connectivity index (χ0) is 12.7. The Morgan fingerprint density at radius 1 is 1.35 bits per heavy atom. The molecule has 4 heteroatoms. The maximum absolute atomic E-state index is 9.67. The van der Waals surface area contributed by atoms with Gasteiger partial charge in [0.2, 0.25) is 0 Å². The van der Waals surface area contributed by atoms with Gasteiger partial charge >= 0.3 is 0 Å². The van der Waals surface area contributed by atoms with Crippen molar-refractivity contribution in [1.82, 2.24) is 0 Å². The van der Waals surface area contributed by atoms with Crippen LogP contribution in [0.3, 0.4) is 0 Å². The van der Waals surface area contributed by atoms with Crippen LogP contribution in [-0.2, 0) is 11.3 Å². The van der Waals surface area contributed by atoms with Crippen LogP contribution < -0.4 is 0 Å². The molecule has 0 radical (unpaired) electrons. The van der Waals surface area contributed by atoms with E-state index >= 15 is 0 Å². The molecule has 0 amide bonds.